The molecule has 2 aliphatic rings. The van der Waals surface area contributed by atoms with Gasteiger partial charge in [0.05, 0.1) is 0 Å². The number of hydrogen-bond donors (Lipinski definition) is 1. The highest BCUT2D eigenvalue weighted by Crippen LogP contribution is 2.35. The summed E-state index contributed by atoms with van der Waals surface area (Å²) in [5, 5.41) is 11.8. The van der Waals surface area contributed by atoms with Crippen LogP contribution in [0.15, 0.2) is 40.1 Å². The molecule has 0 radical (unpaired) electrons. The Bertz CT molecular complexity index is 1120. The van der Waals surface area contributed by atoms with Crippen LogP contribution in [0.4, 0.5) is 17.5 Å². The molecule has 0 bridgehead atoms. The van der Waals surface area contributed by atoms with Gasteiger partial charge in [-0.1, -0.05) is 17.8 Å². The second-order valence-electron chi connectivity index (χ2n) is 7.49. The van der Waals surface area contributed by atoms with Crippen molar-refractivity contribution in [3.05, 3.63) is 36.0 Å². The van der Waals surface area contributed by atoms with Crippen LogP contribution in [0, 0.1) is 0 Å². The molecular weight excluding hydrogens is 414 g/mol. The number of thioether (sulfide) groups is 1. The number of nitrogens with one attached hydrogen (secondary N) is 1. The van der Waals surface area contributed by atoms with Gasteiger partial charge < -0.3 is 19.5 Å². The molecule has 0 spiro atoms. The lowest BCUT2D eigenvalue weighted by Gasteiger charge is -2.27. The lowest BCUT2D eigenvalue weighted by molar-refractivity contribution is 0.0988. The molecule has 3 aromatic rings. The summed E-state index contributed by atoms with van der Waals surface area (Å²) in [6.07, 6.45) is 5.62. The van der Waals surface area contributed by atoms with Gasteiger partial charge in [-0.25, -0.2) is 4.98 Å². The van der Waals surface area contributed by atoms with Gasteiger partial charge in [0.25, 0.3) is 11.1 Å². The van der Waals surface area contributed by atoms with E-state index in [1.807, 2.05) is 42.3 Å². The van der Waals surface area contributed by atoms with Crippen molar-refractivity contribution in [2.75, 3.05) is 41.0 Å². The van der Waals surface area contributed by atoms with Gasteiger partial charge in [-0.2, -0.15) is 4.98 Å². The van der Waals surface area contributed by atoms with E-state index in [-0.39, 0.29) is 11.9 Å². The molecule has 0 aliphatic carbocycles. The van der Waals surface area contributed by atoms with Gasteiger partial charge in [-0.15, -0.1) is 10.2 Å². The predicted octanol–water partition coefficient (Wildman–Crippen LogP) is 3.31. The Balaban J connectivity index is 1.54. The van der Waals surface area contributed by atoms with Gasteiger partial charge >= 0.3 is 0 Å². The minimum Gasteiger partial charge on any atom is -0.411 e. The van der Waals surface area contributed by atoms with Crippen molar-refractivity contribution in [3.63, 3.8) is 0 Å². The molecule has 31 heavy (non-hydrogen) atoms. The first-order valence-corrected chi connectivity index (χ1v) is 11.6. The zero-order valence-electron chi connectivity index (χ0n) is 17.4. The maximum absolute atomic E-state index is 13.6. The summed E-state index contributed by atoms with van der Waals surface area (Å²) in [6, 6.07) is 7.89. The Morgan fingerprint density at radius 3 is 3.03 bits per heavy atom. The number of carbonyl (C=O) groups excluding carboxylic acids is 1. The fourth-order valence-corrected chi connectivity index (χ4v) is 4.45. The molecule has 1 amide bonds. The van der Waals surface area contributed by atoms with E-state index < -0.39 is 0 Å². The zero-order valence-corrected chi connectivity index (χ0v) is 18.2. The van der Waals surface area contributed by atoms with Gasteiger partial charge in [-0.05, 0) is 44.2 Å². The highest BCUT2D eigenvalue weighted by molar-refractivity contribution is 7.98. The number of rotatable bonds is 5. The number of anilines is 3. The lowest BCUT2D eigenvalue weighted by Crippen LogP contribution is -2.39. The first-order valence-electron chi connectivity index (χ1n) is 10.3. The maximum atomic E-state index is 13.6. The molecule has 10 heteroatoms. The number of benzene rings is 1. The van der Waals surface area contributed by atoms with Crippen LogP contribution in [0.2, 0.25) is 0 Å². The molecule has 1 N–H and O–H groups in total. The lowest BCUT2D eigenvalue weighted by atomic mass is 10.1. The van der Waals surface area contributed by atoms with Crippen molar-refractivity contribution in [2.24, 2.45) is 0 Å². The molecule has 1 fully saturated rings. The molecule has 160 valence electrons. The van der Waals surface area contributed by atoms with Crippen molar-refractivity contribution in [2.45, 2.75) is 31.0 Å². The molecule has 1 atom stereocenters. The molecule has 2 aliphatic heterocycles. The van der Waals surface area contributed by atoms with Crippen molar-refractivity contribution in [1.29, 1.82) is 0 Å². The first kappa shape index (κ1) is 19.8. The number of nitrogens with zero attached hydrogens (tertiary/aromatic N) is 6. The Kier molecular flexibility index (Phi) is 5.23. The molecule has 0 saturated carbocycles. The molecule has 5 rings (SSSR count). The second kappa shape index (κ2) is 8.18. The molecule has 4 heterocycles. The van der Waals surface area contributed by atoms with E-state index in [9.17, 15) is 4.79 Å². The van der Waals surface area contributed by atoms with E-state index in [0.717, 1.165) is 43.0 Å². The number of fused-ring (bicyclic) bond motifs is 3. The van der Waals surface area contributed by atoms with Gasteiger partial charge in [0.2, 0.25) is 11.8 Å². The van der Waals surface area contributed by atoms with Crippen molar-refractivity contribution in [1.82, 2.24) is 20.2 Å². The van der Waals surface area contributed by atoms with E-state index in [2.05, 4.69) is 30.4 Å². The van der Waals surface area contributed by atoms with E-state index in [4.69, 9.17) is 4.42 Å². The van der Waals surface area contributed by atoms with Crippen LogP contribution in [-0.4, -0.2) is 58.0 Å². The summed E-state index contributed by atoms with van der Waals surface area (Å²) >= 11 is 1.40. The van der Waals surface area contributed by atoms with Crippen LogP contribution in [0.3, 0.4) is 0 Å². The van der Waals surface area contributed by atoms with Gasteiger partial charge in [-0.3, -0.25) is 4.79 Å². The zero-order chi connectivity index (χ0) is 21.4. The summed E-state index contributed by atoms with van der Waals surface area (Å²) in [5.41, 5.74) is 2.10. The fraction of sp³-hybridized carbons (Fsp3) is 0.381. The fourth-order valence-electron chi connectivity index (χ4n) is 4.17. The average Bonchev–Trinajstić information content (AvgIpc) is 3.45. The Morgan fingerprint density at radius 1 is 1.32 bits per heavy atom. The molecule has 1 aromatic carbocycles. The average molecular weight is 438 g/mol. The van der Waals surface area contributed by atoms with Crippen LogP contribution in [-0.2, 0) is 0 Å². The van der Waals surface area contributed by atoms with E-state index >= 15 is 0 Å². The highest BCUT2D eigenvalue weighted by Gasteiger charge is 2.37. The van der Waals surface area contributed by atoms with Gasteiger partial charge in [0.15, 0.2) is 0 Å². The quantitative estimate of drug-likeness (QED) is 0.603. The Morgan fingerprint density at radius 2 is 2.23 bits per heavy atom. The van der Waals surface area contributed by atoms with Crippen LogP contribution in [0.5, 0.6) is 0 Å². The van der Waals surface area contributed by atoms with E-state index in [1.54, 1.807) is 6.20 Å². The smallest absolute Gasteiger partial charge is 0.276 e. The summed E-state index contributed by atoms with van der Waals surface area (Å²) in [5.74, 6) is 1.62. The Hall–Kier alpha value is -3.14. The SMILES string of the molecule is CCNc1ncc2c(n1)N1CCC[C@H]1CN(c1cccc(-c3nnc(SC)o3)c1)C2=O. The minimum atomic E-state index is -0.0973. The minimum absolute atomic E-state index is 0.0973. The second-order valence-corrected chi connectivity index (χ2v) is 8.25. The largest absolute Gasteiger partial charge is 0.411 e. The van der Waals surface area contributed by atoms with Crippen LogP contribution < -0.4 is 15.1 Å². The van der Waals surface area contributed by atoms with Crippen molar-refractivity contribution in [3.8, 4) is 11.5 Å². The van der Waals surface area contributed by atoms with E-state index in [0.29, 0.717) is 29.2 Å². The Labute approximate surface area is 184 Å². The molecular formula is C21H23N7O2S. The molecule has 1 saturated heterocycles. The summed E-state index contributed by atoms with van der Waals surface area (Å²) < 4.78 is 5.68. The number of carbonyl (C=O) groups is 1. The first-order chi connectivity index (χ1) is 15.2. The maximum Gasteiger partial charge on any atom is 0.276 e. The van der Waals surface area contributed by atoms with Crippen molar-refractivity contribution >= 4 is 35.1 Å². The van der Waals surface area contributed by atoms with Gasteiger partial charge in [0, 0.05) is 43.1 Å². The summed E-state index contributed by atoms with van der Waals surface area (Å²) in [7, 11) is 0. The third-order valence-electron chi connectivity index (χ3n) is 5.61. The predicted molar refractivity (Wildman–Crippen MR) is 120 cm³/mol. The summed E-state index contributed by atoms with van der Waals surface area (Å²) in [6.45, 7) is 4.21. The third kappa shape index (κ3) is 3.60. The van der Waals surface area contributed by atoms with Crippen LogP contribution in [0.25, 0.3) is 11.5 Å². The van der Waals surface area contributed by atoms with Crippen LogP contribution >= 0.6 is 11.8 Å². The topological polar surface area (TPSA) is 100 Å². The van der Waals surface area contributed by atoms with Gasteiger partial charge in [0.1, 0.15) is 11.4 Å². The molecule has 0 unspecified atom stereocenters. The molecule has 9 nitrogen and oxygen atoms in total. The number of aromatic nitrogens is 4. The normalized spacial score (nSPS) is 18.0. The summed E-state index contributed by atoms with van der Waals surface area (Å²) in [4.78, 5) is 26.7. The monoisotopic (exact) mass is 437 g/mol. The number of amides is 1. The highest BCUT2D eigenvalue weighted by atomic mass is 32.2. The van der Waals surface area contributed by atoms with E-state index in [1.165, 1.54) is 11.8 Å². The molecule has 2 aromatic heterocycles. The van der Waals surface area contributed by atoms with Crippen molar-refractivity contribution < 1.29 is 9.21 Å². The number of hydrogen-bond acceptors (Lipinski definition) is 9. The van der Waals surface area contributed by atoms with Crippen LogP contribution in [0.1, 0.15) is 30.1 Å². The standard InChI is InChI=1S/C21H23N7O2S/c1-3-22-20-23-11-16-17(24-20)27-9-5-8-15(27)12-28(19(16)29)14-7-4-6-13(10-14)18-25-26-21(30-18)31-2/h4,6-7,10-11,15H,3,5,8-9,12H2,1-2H3,(H,22,23,24)/t15-/m0/s1. The third-order valence-corrected chi connectivity index (χ3v) is 6.12.